The van der Waals surface area contributed by atoms with Crippen LogP contribution in [0.3, 0.4) is 0 Å². The predicted molar refractivity (Wildman–Crippen MR) is 83.1 cm³/mol. The Morgan fingerprint density at radius 1 is 1.41 bits per heavy atom. The van der Waals surface area contributed by atoms with E-state index in [9.17, 15) is 19.2 Å². The van der Waals surface area contributed by atoms with Gasteiger partial charge in [-0.2, -0.15) is 0 Å². The number of amides is 4. The average Bonchev–Trinajstić information content (AvgIpc) is 2.48. The Labute approximate surface area is 133 Å². The number of hydrogen-bond donors (Lipinski definition) is 4. The van der Waals surface area contributed by atoms with Crippen LogP contribution in [-0.2, 0) is 19.2 Å². The molecule has 1 rings (SSSR count). The van der Waals surface area contributed by atoms with Gasteiger partial charge in [-0.05, 0) is 13.8 Å². The van der Waals surface area contributed by atoms with Crippen molar-refractivity contribution in [3.05, 3.63) is 0 Å². The van der Waals surface area contributed by atoms with E-state index in [1.165, 1.54) is 18.8 Å². The summed E-state index contributed by atoms with van der Waals surface area (Å²) in [6.45, 7) is 3.86. The number of thioether (sulfide) groups is 1. The van der Waals surface area contributed by atoms with Crippen molar-refractivity contribution in [1.82, 2.24) is 21.3 Å². The molecule has 9 heteroatoms. The number of carbonyl (C=O) groups is 4. The van der Waals surface area contributed by atoms with Crippen molar-refractivity contribution in [2.24, 2.45) is 0 Å². The van der Waals surface area contributed by atoms with Gasteiger partial charge >= 0.3 is 0 Å². The summed E-state index contributed by atoms with van der Waals surface area (Å²) in [5.74, 6) is -0.824. The zero-order valence-corrected chi connectivity index (χ0v) is 13.7. The van der Waals surface area contributed by atoms with Crippen LogP contribution in [-0.4, -0.2) is 60.3 Å². The Kier molecular flexibility index (Phi) is 7.16. The summed E-state index contributed by atoms with van der Waals surface area (Å²) in [7, 11) is 1.50. The van der Waals surface area contributed by atoms with E-state index in [4.69, 9.17) is 0 Å². The quantitative estimate of drug-likeness (QED) is 0.466. The fourth-order valence-corrected chi connectivity index (χ4v) is 3.07. The fraction of sp³-hybridized carbons (Fsp3) is 0.692. The molecule has 0 aromatic rings. The molecule has 124 valence electrons. The molecule has 2 unspecified atom stereocenters. The second kappa shape index (κ2) is 8.62. The van der Waals surface area contributed by atoms with Crippen LogP contribution in [0.15, 0.2) is 0 Å². The Hall–Kier alpha value is -1.77. The van der Waals surface area contributed by atoms with Crippen molar-refractivity contribution in [2.75, 3.05) is 19.3 Å². The van der Waals surface area contributed by atoms with Gasteiger partial charge in [-0.25, -0.2) is 0 Å². The van der Waals surface area contributed by atoms with Crippen LogP contribution < -0.4 is 21.3 Å². The van der Waals surface area contributed by atoms with Gasteiger partial charge in [0.2, 0.25) is 23.6 Å². The lowest BCUT2D eigenvalue weighted by molar-refractivity contribution is -0.131. The third-order valence-electron chi connectivity index (χ3n) is 3.13. The standard InChI is InChI=1S/C13H22N4O4S/c1-4-15-11(19)7(2)16-10(18)5-9-13(21)17-8(6-22-9)12(20)14-3/h7-9H,4-6H2,1-3H3,(H,14,20)(H,15,19)(H,16,18)(H,17,21)/t7?,8-,9?/m1/s1. The number of likely N-dealkylation sites (N-methyl/N-ethyl adjacent to an activating group) is 2. The van der Waals surface area contributed by atoms with Crippen molar-refractivity contribution >= 4 is 35.4 Å². The number of rotatable bonds is 6. The Bertz CT molecular complexity index is 457. The van der Waals surface area contributed by atoms with Gasteiger partial charge in [-0.3, -0.25) is 19.2 Å². The molecule has 1 heterocycles. The molecule has 8 nitrogen and oxygen atoms in total. The van der Waals surface area contributed by atoms with Crippen LogP contribution in [0, 0.1) is 0 Å². The molecule has 22 heavy (non-hydrogen) atoms. The van der Waals surface area contributed by atoms with Crippen molar-refractivity contribution in [3.8, 4) is 0 Å². The van der Waals surface area contributed by atoms with Crippen LogP contribution in [0.5, 0.6) is 0 Å². The zero-order chi connectivity index (χ0) is 16.7. The molecule has 3 atom stereocenters. The van der Waals surface area contributed by atoms with Gasteiger partial charge in [0, 0.05) is 25.8 Å². The highest BCUT2D eigenvalue weighted by molar-refractivity contribution is 8.00. The molecule has 1 fully saturated rings. The minimum atomic E-state index is -0.650. The van der Waals surface area contributed by atoms with Crippen molar-refractivity contribution in [2.45, 2.75) is 37.6 Å². The minimum absolute atomic E-state index is 0.0271. The normalized spacial score (nSPS) is 22.2. The Morgan fingerprint density at radius 2 is 2.09 bits per heavy atom. The lowest BCUT2D eigenvalue weighted by atomic mass is 10.2. The zero-order valence-electron chi connectivity index (χ0n) is 12.9. The molecule has 0 bridgehead atoms. The Morgan fingerprint density at radius 3 is 2.64 bits per heavy atom. The first-order valence-corrected chi connectivity index (χ1v) is 8.14. The Balaban J connectivity index is 2.44. The topological polar surface area (TPSA) is 116 Å². The smallest absolute Gasteiger partial charge is 0.243 e. The third kappa shape index (κ3) is 5.21. The summed E-state index contributed by atoms with van der Waals surface area (Å²) in [5.41, 5.74) is 0. The molecule has 0 aliphatic carbocycles. The van der Waals surface area contributed by atoms with E-state index in [1.54, 1.807) is 13.8 Å². The minimum Gasteiger partial charge on any atom is -0.357 e. The highest BCUT2D eigenvalue weighted by Gasteiger charge is 2.33. The van der Waals surface area contributed by atoms with Gasteiger partial charge in [0.15, 0.2) is 0 Å². The van der Waals surface area contributed by atoms with Crippen molar-refractivity contribution in [3.63, 3.8) is 0 Å². The highest BCUT2D eigenvalue weighted by atomic mass is 32.2. The van der Waals surface area contributed by atoms with E-state index >= 15 is 0 Å². The first kappa shape index (κ1) is 18.3. The molecule has 1 saturated heterocycles. The molecule has 0 radical (unpaired) electrons. The van der Waals surface area contributed by atoms with Gasteiger partial charge in [0.1, 0.15) is 12.1 Å². The van der Waals surface area contributed by atoms with E-state index in [0.29, 0.717) is 12.3 Å². The van der Waals surface area contributed by atoms with E-state index < -0.39 is 17.3 Å². The molecular formula is C13H22N4O4S. The second-order valence-electron chi connectivity index (χ2n) is 4.89. The molecule has 1 aliphatic heterocycles. The van der Waals surface area contributed by atoms with Crippen molar-refractivity contribution < 1.29 is 19.2 Å². The second-order valence-corrected chi connectivity index (χ2v) is 6.12. The van der Waals surface area contributed by atoms with Crippen molar-refractivity contribution in [1.29, 1.82) is 0 Å². The van der Waals surface area contributed by atoms with E-state index in [0.717, 1.165) is 0 Å². The molecule has 0 saturated carbocycles. The first-order chi connectivity index (χ1) is 10.4. The maximum Gasteiger partial charge on any atom is 0.243 e. The maximum atomic E-state index is 11.9. The van der Waals surface area contributed by atoms with Crippen LogP contribution in [0.25, 0.3) is 0 Å². The molecule has 0 aromatic carbocycles. The summed E-state index contributed by atoms with van der Waals surface area (Å²) < 4.78 is 0. The molecular weight excluding hydrogens is 308 g/mol. The summed E-state index contributed by atoms with van der Waals surface area (Å²) in [6.07, 6.45) is -0.0271. The lowest BCUT2D eigenvalue weighted by Crippen LogP contribution is -2.54. The monoisotopic (exact) mass is 330 g/mol. The SMILES string of the molecule is CCNC(=O)C(C)NC(=O)CC1SC[C@H](C(=O)NC)NC1=O. The number of carbonyl (C=O) groups excluding carboxylic acids is 4. The molecule has 4 N–H and O–H groups in total. The first-order valence-electron chi connectivity index (χ1n) is 7.09. The molecule has 0 spiro atoms. The molecule has 0 aromatic heterocycles. The van der Waals surface area contributed by atoms with Gasteiger partial charge < -0.3 is 21.3 Å². The van der Waals surface area contributed by atoms with Gasteiger partial charge in [0.05, 0.1) is 5.25 Å². The van der Waals surface area contributed by atoms with Gasteiger partial charge in [0.25, 0.3) is 0 Å². The maximum absolute atomic E-state index is 11.9. The fourth-order valence-electron chi connectivity index (χ4n) is 1.92. The van der Waals surface area contributed by atoms with E-state index in [-0.39, 0.29) is 30.0 Å². The van der Waals surface area contributed by atoms with Crippen LogP contribution in [0.1, 0.15) is 20.3 Å². The summed E-state index contributed by atoms with van der Waals surface area (Å²) >= 11 is 1.26. The predicted octanol–water partition coefficient (Wildman–Crippen LogP) is -1.64. The van der Waals surface area contributed by atoms with E-state index in [1.807, 2.05) is 0 Å². The summed E-state index contributed by atoms with van der Waals surface area (Å²) in [5, 5.41) is 9.66. The largest absolute Gasteiger partial charge is 0.357 e. The van der Waals surface area contributed by atoms with E-state index in [2.05, 4.69) is 21.3 Å². The highest BCUT2D eigenvalue weighted by Crippen LogP contribution is 2.21. The average molecular weight is 330 g/mol. The van der Waals surface area contributed by atoms with Crippen LogP contribution in [0.4, 0.5) is 0 Å². The van der Waals surface area contributed by atoms with Crippen LogP contribution >= 0.6 is 11.8 Å². The number of nitrogens with one attached hydrogen (secondary N) is 4. The van der Waals surface area contributed by atoms with Gasteiger partial charge in [-0.1, -0.05) is 0 Å². The lowest BCUT2D eigenvalue weighted by Gasteiger charge is -2.27. The molecule has 1 aliphatic rings. The van der Waals surface area contributed by atoms with Gasteiger partial charge in [-0.15, -0.1) is 11.8 Å². The third-order valence-corrected chi connectivity index (χ3v) is 4.44. The molecule has 4 amide bonds. The van der Waals surface area contributed by atoms with Crippen LogP contribution in [0.2, 0.25) is 0 Å². The number of hydrogen-bond acceptors (Lipinski definition) is 5. The summed E-state index contributed by atoms with van der Waals surface area (Å²) in [4.78, 5) is 46.8. The summed E-state index contributed by atoms with van der Waals surface area (Å²) in [6, 6.07) is -1.22.